The van der Waals surface area contributed by atoms with Gasteiger partial charge in [-0.15, -0.1) is 0 Å². The van der Waals surface area contributed by atoms with Gasteiger partial charge in [0.25, 0.3) is 0 Å². The van der Waals surface area contributed by atoms with Crippen LogP contribution < -0.4 is 5.32 Å². The van der Waals surface area contributed by atoms with Crippen LogP contribution in [0.5, 0.6) is 0 Å². The van der Waals surface area contributed by atoms with Crippen molar-refractivity contribution in [2.75, 3.05) is 18.4 Å². The fourth-order valence-electron chi connectivity index (χ4n) is 5.12. The summed E-state index contributed by atoms with van der Waals surface area (Å²) in [6, 6.07) is 12.8. The first kappa shape index (κ1) is 18.1. The Hall–Kier alpha value is -2.95. The van der Waals surface area contributed by atoms with Crippen LogP contribution in [-0.4, -0.2) is 34.8 Å². The molecular formula is C24H25N3O2. The van der Waals surface area contributed by atoms with Gasteiger partial charge >= 0.3 is 0 Å². The first-order valence-corrected chi connectivity index (χ1v) is 10.5. The maximum absolute atomic E-state index is 12.7. The lowest BCUT2D eigenvalue weighted by molar-refractivity contribution is -0.125. The molecule has 1 saturated heterocycles. The van der Waals surface area contributed by atoms with Crippen LogP contribution in [0.1, 0.15) is 41.9 Å². The third-order valence-corrected chi connectivity index (χ3v) is 6.62. The molecule has 1 aromatic carbocycles. The minimum Gasteiger partial charge on any atom is -0.339 e. The van der Waals surface area contributed by atoms with Gasteiger partial charge < -0.3 is 10.2 Å². The van der Waals surface area contributed by atoms with Crippen molar-refractivity contribution in [2.45, 2.75) is 31.6 Å². The van der Waals surface area contributed by atoms with Gasteiger partial charge in [0.1, 0.15) is 5.82 Å². The Morgan fingerprint density at radius 3 is 2.62 bits per heavy atom. The second-order valence-corrected chi connectivity index (χ2v) is 8.50. The highest BCUT2D eigenvalue weighted by molar-refractivity contribution is 5.94. The summed E-state index contributed by atoms with van der Waals surface area (Å²) in [4.78, 5) is 30.5. The molecule has 1 N–H and O–H groups in total. The normalized spacial score (nSPS) is 25.7. The van der Waals surface area contributed by atoms with Crippen LogP contribution in [0.3, 0.4) is 0 Å². The smallest absolute Gasteiger partial charge is 0.246 e. The SMILES string of the molecule is O=C1CCc2cc(/C=C/C(=O)N3C[C@H]4CC(c5ccccc5)C[C@H]4C3)cnc2N1. The van der Waals surface area contributed by atoms with E-state index in [1.807, 2.05) is 17.0 Å². The summed E-state index contributed by atoms with van der Waals surface area (Å²) in [6.07, 6.45) is 8.76. The van der Waals surface area contributed by atoms with Gasteiger partial charge in [0.15, 0.2) is 0 Å². The van der Waals surface area contributed by atoms with Crippen molar-refractivity contribution in [1.29, 1.82) is 0 Å². The zero-order chi connectivity index (χ0) is 19.8. The van der Waals surface area contributed by atoms with Gasteiger partial charge in [-0.1, -0.05) is 30.3 Å². The molecule has 3 aliphatic rings. The molecule has 1 unspecified atom stereocenters. The highest BCUT2D eigenvalue weighted by atomic mass is 16.2. The van der Waals surface area contributed by atoms with E-state index in [0.717, 1.165) is 24.2 Å². The molecule has 2 fully saturated rings. The molecule has 2 aromatic rings. The molecule has 3 heterocycles. The Labute approximate surface area is 170 Å². The molecule has 0 radical (unpaired) electrons. The number of aryl methyl sites for hydroxylation is 1. The van der Waals surface area contributed by atoms with E-state index < -0.39 is 0 Å². The lowest BCUT2D eigenvalue weighted by Gasteiger charge is -2.18. The molecule has 1 aromatic heterocycles. The topological polar surface area (TPSA) is 62.3 Å². The van der Waals surface area contributed by atoms with Gasteiger partial charge in [-0.3, -0.25) is 9.59 Å². The minimum absolute atomic E-state index is 0.0116. The van der Waals surface area contributed by atoms with Crippen LogP contribution in [0.15, 0.2) is 48.7 Å². The first-order chi connectivity index (χ1) is 14.2. The molecular weight excluding hydrogens is 362 g/mol. The molecule has 29 heavy (non-hydrogen) atoms. The van der Waals surface area contributed by atoms with Crippen LogP contribution in [-0.2, 0) is 16.0 Å². The Kier molecular flexibility index (Phi) is 4.66. The van der Waals surface area contributed by atoms with Crippen molar-refractivity contribution < 1.29 is 9.59 Å². The minimum atomic E-state index is 0.0116. The van der Waals surface area contributed by atoms with E-state index in [4.69, 9.17) is 0 Å². The summed E-state index contributed by atoms with van der Waals surface area (Å²) in [5.74, 6) is 2.61. The summed E-state index contributed by atoms with van der Waals surface area (Å²) in [6.45, 7) is 1.73. The highest BCUT2D eigenvalue weighted by Gasteiger charge is 2.42. The average molecular weight is 387 g/mol. The van der Waals surface area contributed by atoms with E-state index in [-0.39, 0.29) is 11.8 Å². The lowest BCUT2D eigenvalue weighted by Crippen LogP contribution is -2.28. The predicted octanol–water partition coefficient (Wildman–Crippen LogP) is 3.63. The largest absolute Gasteiger partial charge is 0.339 e. The number of nitrogens with one attached hydrogen (secondary N) is 1. The monoisotopic (exact) mass is 387 g/mol. The molecule has 0 bridgehead atoms. The Balaban J connectivity index is 1.19. The fraction of sp³-hybridized carbons (Fsp3) is 0.375. The van der Waals surface area contributed by atoms with Crippen molar-refractivity contribution in [3.63, 3.8) is 0 Å². The van der Waals surface area contributed by atoms with Crippen molar-refractivity contribution in [3.8, 4) is 0 Å². The Bertz CT molecular complexity index is 955. The maximum atomic E-state index is 12.7. The molecule has 0 spiro atoms. The van der Waals surface area contributed by atoms with Gasteiger partial charge in [0.05, 0.1) is 0 Å². The number of amides is 2. The van der Waals surface area contributed by atoms with E-state index in [1.165, 1.54) is 18.4 Å². The van der Waals surface area contributed by atoms with E-state index >= 15 is 0 Å². The Morgan fingerprint density at radius 1 is 1.10 bits per heavy atom. The van der Waals surface area contributed by atoms with Crippen molar-refractivity contribution in [3.05, 3.63) is 65.4 Å². The van der Waals surface area contributed by atoms with Crippen molar-refractivity contribution in [2.24, 2.45) is 11.8 Å². The Morgan fingerprint density at radius 2 is 1.86 bits per heavy atom. The number of fused-ring (bicyclic) bond motifs is 2. The average Bonchev–Trinajstić information content (AvgIpc) is 3.32. The van der Waals surface area contributed by atoms with Gasteiger partial charge in [0.2, 0.25) is 11.8 Å². The van der Waals surface area contributed by atoms with E-state index in [9.17, 15) is 9.59 Å². The van der Waals surface area contributed by atoms with Gasteiger partial charge in [-0.25, -0.2) is 4.98 Å². The van der Waals surface area contributed by atoms with Crippen LogP contribution in [0.25, 0.3) is 6.08 Å². The number of aromatic nitrogens is 1. The van der Waals surface area contributed by atoms with Crippen LogP contribution in [0, 0.1) is 11.8 Å². The number of pyridine rings is 1. The number of hydrogen-bond donors (Lipinski definition) is 1. The second-order valence-electron chi connectivity index (χ2n) is 8.50. The fourth-order valence-corrected chi connectivity index (χ4v) is 5.12. The quantitative estimate of drug-likeness (QED) is 0.818. The number of hydrogen-bond acceptors (Lipinski definition) is 3. The molecule has 5 nitrogen and oxygen atoms in total. The third kappa shape index (κ3) is 3.69. The van der Waals surface area contributed by atoms with E-state index in [2.05, 4.69) is 40.6 Å². The third-order valence-electron chi connectivity index (χ3n) is 6.62. The number of carbonyl (C=O) groups is 2. The van der Waals surface area contributed by atoms with Crippen molar-refractivity contribution in [1.82, 2.24) is 9.88 Å². The molecule has 1 saturated carbocycles. The highest BCUT2D eigenvalue weighted by Crippen LogP contribution is 2.46. The number of likely N-dealkylation sites (tertiary alicyclic amines) is 1. The molecule has 1 aliphatic carbocycles. The summed E-state index contributed by atoms with van der Waals surface area (Å²) in [7, 11) is 0. The summed E-state index contributed by atoms with van der Waals surface area (Å²) >= 11 is 0. The summed E-state index contributed by atoms with van der Waals surface area (Å²) in [5, 5.41) is 2.79. The lowest BCUT2D eigenvalue weighted by atomic mass is 9.96. The number of rotatable bonds is 3. The number of anilines is 1. The summed E-state index contributed by atoms with van der Waals surface area (Å²) in [5.41, 5.74) is 3.37. The second kappa shape index (κ2) is 7.47. The molecule has 5 heteroatoms. The number of nitrogens with zero attached hydrogens (tertiary/aromatic N) is 2. The first-order valence-electron chi connectivity index (χ1n) is 10.5. The molecule has 5 rings (SSSR count). The van der Waals surface area contributed by atoms with Crippen molar-refractivity contribution >= 4 is 23.7 Å². The molecule has 2 aliphatic heterocycles. The van der Waals surface area contributed by atoms with E-state index in [0.29, 0.717) is 36.4 Å². The predicted molar refractivity (Wildman–Crippen MR) is 112 cm³/mol. The van der Waals surface area contributed by atoms with Crippen LogP contribution >= 0.6 is 0 Å². The zero-order valence-corrected chi connectivity index (χ0v) is 16.4. The molecule has 3 atom stereocenters. The maximum Gasteiger partial charge on any atom is 0.246 e. The van der Waals surface area contributed by atoms with E-state index in [1.54, 1.807) is 12.3 Å². The molecule has 148 valence electrons. The number of carbonyl (C=O) groups excluding carboxylic acids is 2. The standard InChI is InChI=1S/C24H25N3O2/c28-22-8-7-18-10-16(13-25-24(18)26-22)6-9-23(29)27-14-20-11-19(12-21(20)15-27)17-4-2-1-3-5-17/h1-6,9-10,13,19-21H,7-8,11-12,14-15H2,(H,25,26,28)/b9-6+/t19?,20-,21+. The van der Waals surface area contributed by atoms with Crippen LogP contribution in [0.4, 0.5) is 5.82 Å². The van der Waals surface area contributed by atoms with Gasteiger partial charge in [-0.2, -0.15) is 0 Å². The molecule has 2 amide bonds. The summed E-state index contributed by atoms with van der Waals surface area (Å²) < 4.78 is 0. The van der Waals surface area contributed by atoms with Gasteiger partial charge in [0, 0.05) is 31.8 Å². The van der Waals surface area contributed by atoms with Gasteiger partial charge in [-0.05, 0) is 65.8 Å². The number of benzene rings is 1. The van der Waals surface area contributed by atoms with Crippen LogP contribution in [0.2, 0.25) is 0 Å². The zero-order valence-electron chi connectivity index (χ0n) is 16.4.